The van der Waals surface area contributed by atoms with Crippen molar-refractivity contribution in [1.29, 1.82) is 0 Å². The van der Waals surface area contributed by atoms with Crippen LogP contribution in [0.4, 0.5) is 15.9 Å². The van der Waals surface area contributed by atoms with Crippen LogP contribution in [0.15, 0.2) is 49.2 Å². The standard InChI is InChI=1S/C28H30FN7O2/c1-15-3-4-31-10-21(15)20-7-17-8-23(32-11-22(17)27(30)26(20)29)34-28(38)25-16(2)24(25)18-9-33-36(12-18)6-5-35-13-19(37)14-35/h3-4,7-12,16,19,24-25,37H,5-6,13-14,30H2,1-2H3,(H,32,34,38)/t16-,24+,25-/m0/s1. The van der Waals surface area contributed by atoms with Crippen LogP contribution >= 0.6 is 0 Å². The number of likely N-dealkylation sites (tertiary alicyclic amines) is 1. The van der Waals surface area contributed by atoms with Crippen molar-refractivity contribution in [3.63, 3.8) is 0 Å². The number of aliphatic hydroxyl groups excluding tert-OH is 1. The molecule has 2 fully saturated rings. The molecule has 0 unspecified atom stereocenters. The number of amides is 1. The number of aliphatic hydroxyl groups is 1. The molecule has 10 heteroatoms. The van der Waals surface area contributed by atoms with Gasteiger partial charge in [0.2, 0.25) is 5.91 Å². The third-order valence-electron chi connectivity index (χ3n) is 7.88. The molecular weight excluding hydrogens is 485 g/mol. The molecule has 6 rings (SSSR count). The van der Waals surface area contributed by atoms with Crippen LogP contribution < -0.4 is 11.1 Å². The second kappa shape index (κ2) is 9.45. The van der Waals surface area contributed by atoms with Crippen molar-refractivity contribution in [3.05, 3.63) is 66.1 Å². The van der Waals surface area contributed by atoms with Gasteiger partial charge >= 0.3 is 0 Å². The third-order valence-corrected chi connectivity index (χ3v) is 7.88. The van der Waals surface area contributed by atoms with Crippen LogP contribution in [-0.2, 0) is 11.3 Å². The summed E-state index contributed by atoms with van der Waals surface area (Å²) >= 11 is 0. The number of hydrogen-bond donors (Lipinski definition) is 3. The number of carbonyl (C=O) groups is 1. The van der Waals surface area contributed by atoms with Gasteiger partial charge in [0, 0.05) is 72.8 Å². The highest BCUT2D eigenvalue weighted by molar-refractivity contribution is 6.00. The number of pyridine rings is 2. The minimum absolute atomic E-state index is 0.0179. The van der Waals surface area contributed by atoms with Crippen LogP contribution in [0.3, 0.4) is 0 Å². The van der Waals surface area contributed by atoms with Crippen molar-refractivity contribution in [2.24, 2.45) is 11.8 Å². The average molecular weight is 516 g/mol. The van der Waals surface area contributed by atoms with E-state index in [1.54, 1.807) is 24.5 Å². The van der Waals surface area contributed by atoms with Gasteiger partial charge in [0.25, 0.3) is 0 Å². The van der Waals surface area contributed by atoms with Gasteiger partial charge in [-0.2, -0.15) is 5.10 Å². The summed E-state index contributed by atoms with van der Waals surface area (Å²) in [6.45, 7) is 6.97. The topological polar surface area (TPSA) is 122 Å². The van der Waals surface area contributed by atoms with E-state index in [0.29, 0.717) is 40.8 Å². The lowest BCUT2D eigenvalue weighted by Gasteiger charge is -2.35. The van der Waals surface area contributed by atoms with Crippen molar-refractivity contribution < 1.29 is 14.3 Å². The number of nitrogens with two attached hydrogens (primary N) is 1. The maximum Gasteiger partial charge on any atom is 0.229 e. The van der Waals surface area contributed by atoms with E-state index in [0.717, 1.165) is 24.2 Å². The summed E-state index contributed by atoms with van der Waals surface area (Å²) in [6.07, 6.45) is 8.42. The Hall–Kier alpha value is -3.89. The molecule has 0 radical (unpaired) electrons. The molecule has 1 saturated carbocycles. The van der Waals surface area contributed by atoms with Gasteiger partial charge in [-0.25, -0.2) is 9.37 Å². The van der Waals surface area contributed by atoms with Gasteiger partial charge < -0.3 is 16.2 Å². The Labute approximate surface area is 219 Å². The number of aryl methyl sites for hydroxylation is 1. The second-order valence-electron chi connectivity index (χ2n) is 10.5. The molecular formula is C28H30FN7O2. The molecule has 0 spiro atoms. The SMILES string of the molecule is Cc1ccncc1-c1cc2cc(NC(=O)[C@H]3[C@@H](C)[C@@H]3c3cnn(CCN4CC(O)C4)c3)ncc2c(N)c1F. The molecule has 1 aliphatic heterocycles. The Morgan fingerprint density at radius 1 is 1.21 bits per heavy atom. The first-order valence-corrected chi connectivity index (χ1v) is 12.8. The zero-order valence-electron chi connectivity index (χ0n) is 21.3. The van der Waals surface area contributed by atoms with E-state index >= 15 is 4.39 Å². The fraction of sp³-hybridized carbons (Fsp3) is 0.357. The van der Waals surface area contributed by atoms with Crippen LogP contribution in [0.2, 0.25) is 0 Å². The third kappa shape index (κ3) is 4.39. The number of fused-ring (bicyclic) bond motifs is 1. The lowest BCUT2D eigenvalue weighted by molar-refractivity contribution is -0.117. The number of halogens is 1. The van der Waals surface area contributed by atoms with E-state index in [9.17, 15) is 9.90 Å². The number of nitrogens with one attached hydrogen (secondary N) is 1. The molecule has 2 aliphatic rings. The van der Waals surface area contributed by atoms with Gasteiger partial charge in [0.15, 0.2) is 5.82 Å². The van der Waals surface area contributed by atoms with E-state index in [-0.39, 0.29) is 35.5 Å². The first-order valence-electron chi connectivity index (χ1n) is 12.8. The van der Waals surface area contributed by atoms with Gasteiger partial charge in [-0.1, -0.05) is 6.92 Å². The second-order valence-corrected chi connectivity index (χ2v) is 10.5. The first-order chi connectivity index (χ1) is 18.3. The van der Waals surface area contributed by atoms with Crippen LogP contribution in [0.5, 0.6) is 0 Å². The van der Waals surface area contributed by atoms with Crippen LogP contribution in [0.1, 0.15) is 24.0 Å². The normalized spacial score (nSPS) is 21.4. The summed E-state index contributed by atoms with van der Waals surface area (Å²) in [7, 11) is 0. The number of benzene rings is 1. The van der Waals surface area contributed by atoms with Crippen LogP contribution in [-0.4, -0.2) is 61.4 Å². The molecule has 1 aliphatic carbocycles. The number of carbonyl (C=O) groups excluding carboxylic acids is 1. The molecule has 3 atom stereocenters. The number of hydrogen-bond acceptors (Lipinski definition) is 7. The minimum atomic E-state index is -0.509. The van der Waals surface area contributed by atoms with Crippen molar-refractivity contribution in [3.8, 4) is 11.1 Å². The monoisotopic (exact) mass is 515 g/mol. The minimum Gasteiger partial charge on any atom is -0.396 e. The fourth-order valence-electron chi connectivity index (χ4n) is 5.54. The molecule has 38 heavy (non-hydrogen) atoms. The average Bonchev–Trinajstić information content (AvgIpc) is 3.33. The molecule has 4 heterocycles. The highest BCUT2D eigenvalue weighted by Gasteiger charge is 2.53. The molecule has 4 N–H and O–H groups in total. The van der Waals surface area contributed by atoms with Crippen molar-refractivity contribution in [2.45, 2.75) is 32.4 Å². The van der Waals surface area contributed by atoms with E-state index in [1.165, 1.54) is 6.20 Å². The maximum absolute atomic E-state index is 15.1. The lowest BCUT2D eigenvalue weighted by atomic mass is 9.98. The van der Waals surface area contributed by atoms with Gasteiger partial charge in [-0.05, 0) is 47.6 Å². The highest BCUT2D eigenvalue weighted by Crippen LogP contribution is 2.54. The molecule has 196 valence electrons. The Morgan fingerprint density at radius 2 is 2.03 bits per heavy atom. The summed E-state index contributed by atoms with van der Waals surface area (Å²) < 4.78 is 17.0. The number of nitrogens with zero attached hydrogens (tertiary/aromatic N) is 5. The highest BCUT2D eigenvalue weighted by atomic mass is 19.1. The van der Waals surface area contributed by atoms with Gasteiger partial charge in [0.1, 0.15) is 5.82 Å². The van der Waals surface area contributed by atoms with Gasteiger partial charge in [0.05, 0.1) is 24.5 Å². The van der Waals surface area contributed by atoms with E-state index in [4.69, 9.17) is 5.73 Å². The fourth-order valence-corrected chi connectivity index (χ4v) is 5.54. The predicted octanol–water partition coefficient (Wildman–Crippen LogP) is 3.19. The molecule has 9 nitrogen and oxygen atoms in total. The van der Waals surface area contributed by atoms with Crippen molar-refractivity contribution in [2.75, 3.05) is 30.7 Å². The molecule has 1 amide bonds. The lowest BCUT2D eigenvalue weighted by Crippen LogP contribution is -2.51. The molecule has 3 aromatic heterocycles. The Morgan fingerprint density at radius 3 is 2.79 bits per heavy atom. The molecule has 0 bridgehead atoms. The number of anilines is 2. The Balaban J connectivity index is 1.17. The Kier molecular flexibility index (Phi) is 6.08. The van der Waals surface area contributed by atoms with E-state index in [2.05, 4.69) is 32.2 Å². The summed E-state index contributed by atoms with van der Waals surface area (Å²) in [5.41, 5.74) is 9.11. The molecule has 1 saturated heterocycles. The van der Waals surface area contributed by atoms with Crippen molar-refractivity contribution in [1.82, 2.24) is 24.6 Å². The number of β-amino-alcohol motifs (C(OH)–C–C–N with tert-alkyl or cyclic N) is 1. The maximum atomic E-state index is 15.1. The molecule has 4 aromatic rings. The summed E-state index contributed by atoms with van der Waals surface area (Å²) in [5.74, 6) is -0.112. The molecule has 1 aromatic carbocycles. The largest absolute Gasteiger partial charge is 0.396 e. The van der Waals surface area contributed by atoms with E-state index in [1.807, 2.05) is 30.1 Å². The quantitative estimate of drug-likeness (QED) is 0.323. The summed E-state index contributed by atoms with van der Waals surface area (Å²) in [4.78, 5) is 23.8. The van der Waals surface area contributed by atoms with Crippen LogP contribution in [0, 0.1) is 24.6 Å². The summed E-state index contributed by atoms with van der Waals surface area (Å²) in [5, 5.41) is 18.0. The first kappa shape index (κ1) is 24.4. The van der Waals surface area contributed by atoms with Crippen LogP contribution in [0.25, 0.3) is 21.9 Å². The number of nitrogen functional groups attached to an aromatic ring is 1. The Bertz CT molecular complexity index is 1530. The van der Waals surface area contributed by atoms with Gasteiger partial charge in [-0.15, -0.1) is 0 Å². The van der Waals surface area contributed by atoms with E-state index < -0.39 is 5.82 Å². The number of aromatic nitrogens is 4. The number of rotatable bonds is 7. The summed E-state index contributed by atoms with van der Waals surface area (Å²) in [6, 6.07) is 5.27. The van der Waals surface area contributed by atoms with Crippen molar-refractivity contribution >= 4 is 28.2 Å². The predicted molar refractivity (Wildman–Crippen MR) is 143 cm³/mol. The zero-order chi connectivity index (χ0) is 26.6. The smallest absolute Gasteiger partial charge is 0.229 e. The van der Waals surface area contributed by atoms with Gasteiger partial charge in [-0.3, -0.25) is 19.4 Å². The zero-order valence-corrected chi connectivity index (χ0v) is 21.3.